The van der Waals surface area contributed by atoms with Crippen LogP contribution in [0.2, 0.25) is 0 Å². The van der Waals surface area contributed by atoms with Gasteiger partial charge in [0.25, 0.3) is 0 Å². The second-order valence-corrected chi connectivity index (χ2v) is 6.34. The minimum absolute atomic E-state index is 0.219. The number of carbonyl (C=O) groups is 1. The number of esters is 1. The zero-order valence-electron chi connectivity index (χ0n) is 13.8. The molecule has 0 radical (unpaired) electrons. The van der Waals surface area contributed by atoms with Crippen molar-refractivity contribution in [1.29, 1.82) is 0 Å². The molecule has 0 bridgehead atoms. The van der Waals surface area contributed by atoms with E-state index in [-0.39, 0.29) is 30.2 Å². The molecule has 0 amide bonds. The zero-order valence-corrected chi connectivity index (χ0v) is 13.8. The van der Waals surface area contributed by atoms with Gasteiger partial charge < -0.3 is 18.8 Å². The van der Waals surface area contributed by atoms with Gasteiger partial charge in [0.2, 0.25) is 0 Å². The number of rotatable bonds is 5. The highest BCUT2D eigenvalue weighted by atomic mass is 16.7. The number of hydrogen-bond acceptors (Lipinski definition) is 5. The molecule has 1 aliphatic heterocycles. The van der Waals surface area contributed by atoms with Gasteiger partial charge in [-0.25, -0.2) is 0 Å². The molecule has 1 aromatic carbocycles. The van der Waals surface area contributed by atoms with Crippen molar-refractivity contribution < 1.29 is 23.6 Å². The molecule has 5 nitrogen and oxygen atoms in total. The zero-order chi connectivity index (χ0) is 16.4. The summed E-state index contributed by atoms with van der Waals surface area (Å²) in [5, 5.41) is 0. The Hall–Kier alpha value is -1.53. The van der Waals surface area contributed by atoms with Crippen LogP contribution in [0, 0.1) is 0 Å². The average molecular weight is 306 g/mol. The molecule has 1 aromatic rings. The van der Waals surface area contributed by atoms with E-state index in [1.165, 1.54) is 7.11 Å². The normalized spacial score (nSPS) is 19.0. The van der Waals surface area contributed by atoms with E-state index in [2.05, 4.69) is 4.74 Å². The van der Waals surface area contributed by atoms with Crippen molar-refractivity contribution in [3.63, 3.8) is 0 Å². The Bertz CT molecular complexity index is 525. The molecule has 1 fully saturated rings. The van der Waals surface area contributed by atoms with E-state index >= 15 is 0 Å². The predicted octanol–water partition coefficient (Wildman–Crippen LogP) is 1.93. The van der Waals surface area contributed by atoms with E-state index in [9.17, 15) is 4.79 Å². The third-order valence-corrected chi connectivity index (χ3v) is 4.19. The highest BCUT2D eigenvalue weighted by Crippen LogP contribution is 2.36. The lowest BCUT2D eigenvalue weighted by molar-refractivity contribution is -0.141. The topological polar surface area (TPSA) is 54.0 Å². The van der Waals surface area contributed by atoms with Gasteiger partial charge in [-0.2, -0.15) is 0 Å². The first-order chi connectivity index (χ1) is 10.2. The van der Waals surface area contributed by atoms with Crippen LogP contribution >= 0.6 is 0 Å². The number of ether oxygens (including phenoxy) is 2. The summed E-state index contributed by atoms with van der Waals surface area (Å²) >= 11 is 0. The number of benzene rings is 1. The molecular formula is C16H23BO5. The van der Waals surface area contributed by atoms with Crippen LogP contribution in [0.5, 0.6) is 5.75 Å². The van der Waals surface area contributed by atoms with E-state index in [1.807, 2.05) is 52.0 Å². The SMILES string of the molecule is COC(=O)CCOc1cccc(B2OC(C)(C)C(C)(C)O2)c1. The lowest BCUT2D eigenvalue weighted by Crippen LogP contribution is -2.41. The number of hydrogen-bond donors (Lipinski definition) is 0. The molecule has 0 aromatic heterocycles. The summed E-state index contributed by atoms with van der Waals surface area (Å²) in [5.74, 6) is 0.387. The molecule has 0 atom stereocenters. The van der Waals surface area contributed by atoms with Crippen LogP contribution in [0.1, 0.15) is 34.1 Å². The molecule has 1 saturated heterocycles. The lowest BCUT2D eigenvalue weighted by atomic mass is 9.79. The van der Waals surface area contributed by atoms with Crippen LogP contribution in [-0.2, 0) is 18.8 Å². The second-order valence-electron chi connectivity index (χ2n) is 6.34. The molecule has 0 spiro atoms. The van der Waals surface area contributed by atoms with Crippen molar-refractivity contribution in [3.05, 3.63) is 24.3 Å². The van der Waals surface area contributed by atoms with Gasteiger partial charge in [-0.15, -0.1) is 0 Å². The quantitative estimate of drug-likeness (QED) is 0.614. The lowest BCUT2D eigenvalue weighted by Gasteiger charge is -2.32. The molecule has 6 heteroatoms. The Kier molecular flexibility index (Phi) is 4.82. The molecule has 1 heterocycles. The molecule has 1 aliphatic rings. The molecular weight excluding hydrogens is 283 g/mol. The number of carbonyl (C=O) groups excluding carboxylic acids is 1. The molecule has 2 rings (SSSR count). The Morgan fingerprint density at radius 3 is 2.41 bits per heavy atom. The smallest absolute Gasteiger partial charge is 0.493 e. The van der Waals surface area contributed by atoms with Crippen LogP contribution < -0.4 is 10.2 Å². The van der Waals surface area contributed by atoms with E-state index in [0.717, 1.165) is 5.46 Å². The van der Waals surface area contributed by atoms with Crippen molar-refractivity contribution in [3.8, 4) is 5.75 Å². The van der Waals surface area contributed by atoms with Crippen LogP contribution in [0.3, 0.4) is 0 Å². The monoisotopic (exact) mass is 306 g/mol. The van der Waals surface area contributed by atoms with Crippen LogP contribution in [0.4, 0.5) is 0 Å². The molecule has 22 heavy (non-hydrogen) atoms. The maximum Gasteiger partial charge on any atom is 0.494 e. The third-order valence-electron chi connectivity index (χ3n) is 4.19. The molecule has 0 saturated carbocycles. The first kappa shape index (κ1) is 16.8. The van der Waals surface area contributed by atoms with E-state index in [0.29, 0.717) is 5.75 Å². The van der Waals surface area contributed by atoms with Gasteiger partial charge in [-0.05, 0) is 45.3 Å². The standard InChI is InChI=1S/C16H23BO5/c1-15(2)16(3,4)22-17(21-15)12-7-6-8-13(11-12)20-10-9-14(18)19-5/h6-8,11H,9-10H2,1-5H3. The fourth-order valence-electron chi connectivity index (χ4n) is 2.08. The van der Waals surface area contributed by atoms with Crippen LogP contribution in [0.25, 0.3) is 0 Å². The summed E-state index contributed by atoms with van der Waals surface area (Å²) in [4.78, 5) is 11.1. The van der Waals surface area contributed by atoms with Gasteiger partial charge >= 0.3 is 13.1 Å². The van der Waals surface area contributed by atoms with Crippen LogP contribution in [-0.4, -0.2) is 38.0 Å². The van der Waals surface area contributed by atoms with E-state index in [1.54, 1.807) is 0 Å². The molecule has 0 aliphatic carbocycles. The van der Waals surface area contributed by atoms with Crippen molar-refractivity contribution >= 4 is 18.6 Å². The Morgan fingerprint density at radius 1 is 1.18 bits per heavy atom. The summed E-state index contributed by atoms with van der Waals surface area (Å²) in [6.45, 7) is 8.35. The van der Waals surface area contributed by atoms with Crippen molar-refractivity contribution in [2.24, 2.45) is 0 Å². The fourth-order valence-corrected chi connectivity index (χ4v) is 2.08. The largest absolute Gasteiger partial charge is 0.494 e. The van der Waals surface area contributed by atoms with Gasteiger partial charge in [0.15, 0.2) is 0 Å². The van der Waals surface area contributed by atoms with E-state index in [4.69, 9.17) is 14.0 Å². The minimum atomic E-state index is -0.422. The summed E-state index contributed by atoms with van der Waals surface area (Å²) < 4.78 is 22.2. The maximum atomic E-state index is 11.1. The van der Waals surface area contributed by atoms with Crippen molar-refractivity contribution in [1.82, 2.24) is 0 Å². The van der Waals surface area contributed by atoms with Crippen molar-refractivity contribution in [2.45, 2.75) is 45.3 Å². The minimum Gasteiger partial charge on any atom is -0.493 e. The predicted molar refractivity (Wildman–Crippen MR) is 84.3 cm³/mol. The van der Waals surface area contributed by atoms with Gasteiger partial charge in [0, 0.05) is 0 Å². The second kappa shape index (κ2) is 6.30. The van der Waals surface area contributed by atoms with Gasteiger partial charge in [-0.1, -0.05) is 12.1 Å². The summed E-state index contributed by atoms with van der Waals surface area (Å²) in [5.41, 5.74) is 0.146. The van der Waals surface area contributed by atoms with Crippen molar-refractivity contribution in [2.75, 3.05) is 13.7 Å². The Morgan fingerprint density at radius 2 is 1.82 bits per heavy atom. The van der Waals surface area contributed by atoms with Gasteiger partial charge in [0.05, 0.1) is 31.3 Å². The van der Waals surface area contributed by atoms with E-state index < -0.39 is 7.12 Å². The Balaban J connectivity index is 2.02. The first-order valence-corrected chi connectivity index (χ1v) is 7.40. The third kappa shape index (κ3) is 3.62. The highest BCUT2D eigenvalue weighted by Gasteiger charge is 2.51. The summed E-state index contributed by atoms with van der Waals surface area (Å²) in [7, 11) is 0.940. The molecule has 120 valence electrons. The molecule has 0 N–H and O–H groups in total. The first-order valence-electron chi connectivity index (χ1n) is 7.40. The number of methoxy groups -OCH3 is 1. The summed E-state index contributed by atoms with van der Waals surface area (Å²) in [6, 6.07) is 7.54. The average Bonchev–Trinajstić information content (AvgIpc) is 2.67. The highest BCUT2D eigenvalue weighted by molar-refractivity contribution is 6.62. The maximum absolute atomic E-state index is 11.1. The molecule has 0 unspecified atom stereocenters. The van der Waals surface area contributed by atoms with Crippen LogP contribution in [0.15, 0.2) is 24.3 Å². The summed E-state index contributed by atoms with van der Waals surface area (Å²) in [6.07, 6.45) is 0.219. The Labute approximate surface area is 132 Å². The van der Waals surface area contributed by atoms with Gasteiger partial charge in [-0.3, -0.25) is 4.79 Å². The van der Waals surface area contributed by atoms with Gasteiger partial charge in [0.1, 0.15) is 5.75 Å². The fraction of sp³-hybridized carbons (Fsp3) is 0.562.